The third-order valence-electron chi connectivity index (χ3n) is 3.78. The summed E-state index contributed by atoms with van der Waals surface area (Å²) >= 11 is 7.49. The summed E-state index contributed by atoms with van der Waals surface area (Å²) in [5.41, 5.74) is 1.75. The molecule has 1 aliphatic rings. The van der Waals surface area contributed by atoms with Crippen molar-refractivity contribution >= 4 is 40.4 Å². The van der Waals surface area contributed by atoms with Gasteiger partial charge in [-0.05, 0) is 31.4 Å². The van der Waals surface area contributed by atoms with Gasteiger partial charge < -0.3 is 9.67 Å². The maximum atomic E-state index is 10.8. The van der Waals surface area contributed by atoms with Crippen LogP contribution in [-0.4, -0.2) is 26.4 Å². The molecule has 112 valence electrons. The highest BCUT2D eigenvalue weighted by Crippen LogP contribution is 2.39. The molecule has 1 unspecified atom stereocenters. The predicted octanol–water partition coefficient (Wildman–Crippen LogP) is 4.23. The van der Waals surface area contributed by atoms with E-state index in [2.05, 4.69) is 16.5 Å². The molecule has 0 aliphatic heterocycles. The summed E-state index contributed by atoms with van der Waals surface area (Å²) < 4.78 is 2.15. The van der Waals surface area contributed by atoms with Crippen molar-refractivity contribution in [1.29, 1.82) is 0 Å². The number of carboxylic acids is 1. The lowest BCUT2D eigenvalue weighted by Crippen LogP contribution is -2.08. The molecule has 0 spiro atoms. The van der Waals surface area contributed by atoms with Crippen molar-refractivity contribution in [2.24, 2.45) is 5.92 Å². The van der Waals surface area contributed by atoms with Crippen molar-refractivity contribution in [3.05, 3.63) is 23.2 Å². The van der Waals surface area contributed by atoms with Gasteiger partial charge in [-0.15, -0.1) is 0 Å². The molecule has 0 bridgehead atoms. The molecule has 1 aromatic heterocycles. The van der Waals surface area contributed by atoms with Gasteiger partial charge in [0, 0.05) is 6.04 Å². The number of hydrogen-bond acceptors (Lipinski definition) is 3. The molecule has 1 saturated carbocycles. The zero-order chi connectivity index (χ0) is 15.0. The van der Waals surface area contributed by atoms with E-state index < -0.39 is 5.97 Å². The van der Waals surface area contributed by atoms with Gasteiger partial charge in [0.05, 0.1) is 16.3 Å². The van der Waals surface area contributed by atoms with E-state index >= 15 is 0 Å². The van der Waals surface area contributed by atoms with E-state index in [9.17, 15) is 4.79 Å². The highest BCUT2D eigenvalue weighted by atomic mass is 35.5. The Morgan fingerprint density at radius 1 is 1.57 bits per heavy atom. The molecule has 1 atom stereocenters. The van der Waals surface area contributed by atoms with Crippen LogP contribution in [0.2, 0.25) is 5.02 Å². The summed E-state index contributed by atoms with van der Waals surface area (Å²) in [7, 11) is 0. The molecular weight excluding hydrogens is 308 g/mol. The largest absolute Gasteiger partial charge is 0.481 e. The maximum absolute atomic E-state index is 10.8. The van der Waals surface area contributed by atoms with Crippen molar-refractivity contribution < 1.29 is 9.90 Å². The highest BCUT2D eigenvalue weighted by Gasteiger charge is 2.26. The lowest BCUT2D eigenvalue weighted by atomic mass is 10.1. The van der Waals surface area contributed by atoms with Crippen LogP contribution in [0, 0.1) is 5.92 Å². The first-order valence-electron chi connectivity index (χ1n) is 7.07. The number of halogens is 1. The van der Waals surface area contributed by atoms with E-state index in [1.165, 1.54) is 24.6 Å². The fourth-order valence-corrected chi connectivity index (χ4v) is 3.69. The average molecular weight is 325 g/mol. The standard InChI is InChI=1S/C15H17ClN2O2S/c1-9(7-10-5-6-10)18-12-4-2-3-11(16)14(12)17-15(18)21-8-13(19)20/h2-4,9-10H,5-8H2,1H3,(H,19,20). The molecule has 2 aromatic rings. The van der Waals surface area contributed by atoms with Gasteiger partial charge in [0.15, 0.2) is 5.16 Å². The molecule has 4 nitrogen and oxygen atoms in total. The van der Waals surface area contributed by atoms with Crippen LogP contribution >= 0.6 is 23.4 Å². The van der Waals surface area contributed by atoms with E-state index in [0.29, 0.717) is 11.1 Å². The molecular formula is C15H17ClN2O2S. The molecule has 1 aromatic carbocycles. The summed E-state index contributed by atoms with van der Waals surface area (Å²) in [5, 5.41) is 10.3. The highest BCUT2D eigenvalue weighted by molar-refractivity contribution is 7.99. The number of benzene rings is 1. The first-order chi connectivity index (χ1) is 10.1. The molecule has 1 heterocycles. The number of carbonyl (C=O) groups is 1. The average Bonchev–Trinajstić information content (AvgIpc) is 3.15. The second-order valence-electron chi connectivity index (χ2n) is 5.58. The number of rotatable bonds is 6. The number of aromatic nitrogens is 2. The number of nitrogens with zero attached hydrogens (tertiary/aromatic N) is 2. The third kappa shape index (κ3) is 3.19. The van der Waals surface area contributed by atoms with Crippen LogP contribution in [0.4, 0.5) is 0 Å². The minimum absolute atomic E-state index is 0.0110. The van der Waals surface area contributed by atoms with E-state index in [0.717, 1.165) is 28.5 Å². The molecule has 0 radical (unpaired) electrons. The Kier molecular flexibility index (Phi) is 4.13. The third-order valence-corrected chi connectivity index (χ3v) is 5.02. The first-order valence-corrected chi connectivity index (χ1v) is 8.43. The van der Waals surface area contributed by atoms with E-state index in [-0.39, 0.29) is 5.75 Å². The maximum Gasteiger partial charge on any atom is 0.313 e. The van der Waals surface area contributed by atoms with Crippen molar-refractivity contribution in [1.82, 2.24) is 9.55 Å². The minimum Gasteiger partial charge on any atom is -0.481 e. The number of carboxylic acid groups (broad SMARTS) is 1. The second kappa shape index (κ2) is 5.89. The molecule has 1 aliphatic carbocycles. The normalized spacial score (nSPS) is 16.3. The first kappa shape index (κ1) is 14.7. The number of hydrogen-bond donors (Lipinski definition) is 1. The fourth-order valence-electron chi connectivity index (χ4n) is 2.66. The van der Waals surface area contributed by atoms with Crippen molar-refractivity contribution in [3.63, 3.8) is 0 Å². The Morgan fingerprint density at radius 3 is 3.00 bits per heavy atom. The molecule has 1 fully saturated rings. The molecule has 6 heteroatoms. The Bertz CT molecular complexity index is 682. The van der Waals surface area contributed by atoms with Crippen molar-refractivity contribution in [3.8, 4) is 0 Å². The SMILES string of the molecule is CC(CC1CC1)n1c(SCC(=O)O)nc2c(Cl)cccc21. The lowest BCUT2D eigenvalue weighted by Gasteiger charge is -2.16. The fraction of sp³-hybridized carbons (Fsp3) is 0.467. The van der Waals surface area contributed by atoms with Gasteiger partial charge in [-0.2, -0.15) is 0 Å². The summed E-state index contributed by atoms with van der Waals surface area (Å²) in [6.45, 7) is 2.17. The van der Waals surface area contributed by atoms with Gasteiger partial charge in [0.2, 0.25) is 0 Å². The van der Waals surface area contributed by atoms with Crippen LogP contribution in [0.25, 0.3) is 11.0 Å². The van der Waals surface area contributed by atoms with E-state index in [1.54, 1.807) is 0 Å². The Labute approximate surface area is 132 Å². The van der Waals surface area contributed by atoms with Crippen LogP contribution in [0.15, 0.2) is 23.4 Å². The monoisotopic (exact) mass is 324 g/mol. The zero-order valence-electron chi connectivity index (χ0n) is 11.8. The molecule has 3 rings (SSSR count). The Morgan fingerprint density at radius 2 is 2.33 bits per heavy atom. The van der Waals surface area contributed by atoms with Crippen molar-refractivity contribution in [2.75, 3.05) is 5.75 Å². The van der Waals surface area contributed by atoms with Gasteiger partial charge in [0.25, 0.3) is 0 Å². The van der Waals surface area contributed by atoms with Gasteiger partial charge in [0.1, 0.15) is 5.52 Å². The number of para-hydroxylation sites is 1. The van der Waals surface area contributed by atoms with Crippen LogP contribution in [0.3, 0.4) is 0 Å². The minimum atomic E-state index is -0.834. The van der Waals surface area contributed by atoms with Gasteiger partial charge in [-0.1, -0.05) is 42.3 Å². The number of fused-ring (bicyclic) bond motifs is 1. The van der Waals surface area contributed by atoms with Gasteiger partial charge >= 0.3 is 5.97 Å². The predicted molar refractivity (Wildman–Crippen MR) is 85.2 cm³/mol. The molecule has 0 amide bonds. The van der Waals surface area contributed by atoms with Crippen LogP contribution in [0.5, 0.6) is 0 Å². The lowest BCUT2D eigenvalue weighted by molar-refractivity contribution is -0.133. The van der Waals surface area contributed by atoms with Gasteiger partial charge in [-0.25, -0.2) is 4.98 Å². The smallest absolute Gasteiger partial charge is 0.313 e. The summed E-state index contributed by atoms with van der Waals surface area (Å²) in [6, 6.07) is 6.04. The number of imidazole rings is 1. The van der Waals surface area contributed by atoms with E-state index in [1.807, 2.05) is 18.2 Å². The molecule has 0 saturated heterocycles. The quantitative estimate of drug-likeness (QED) is 0.808. The summed E-state index contributed by atoms with van der Waals surface area (Å²) in [5.74, 6) is -0.0228. The number of thioether (sulfide) groups is 1. The molecule has 21 heavy (non-hydrogen) atoms. The van der Waals surface area contributed by atoms with Crippen molar-refractivity contribution in [2.45, 2.75) is 37.4 Å². The Hall–Kier alpha value is -1.20. The summed E-state index contributed by atoms with van der Waals surface area (Å²) in [6.07, 6.45) is 3.71. The summed E-state index contributed by atoms with van der Waals surface area (Å²) in [4.78, 5) is 15.4. The van der Waals surface area contributed by atoms with Gasteiger partial charge in [-0.3, -0.25) is 4.79 Å². The topological polar surface area (TPSA) is 55.1 Å². The second-order valence-corrected chi connectivity index (χ2v) is 6.93. The molecule has 1 N–H and O–H groups in total. The van der Waals surface area contributed by atoms with Crippen LogP contribution < -0.4 is 0 Å². The van der Waals surface area contributed by atoms with Crippen LogP contribution in [-0.2, 0) is 4.79 Å². The van der Waals surface area contributed by atoms with Crippen LogP contribution in [0.1, 0.15) is 32.2 Å². The number of aliphatic carboxylic acids is 1. The Balaban J connectivity index is 2.01. The zero-order valence-corrected chi connectivity index (χ0v) is 13.3. The van der Waals surface area contributed by atoms with E-state index in [4.69, 9.17) is 16.7 Å².